The third-order valence-corrected chi connectivity index (χ3v) is 5.58. The average Bonchev–Trinajstić information content (AvgIpc) is 2.75. The van der Waals surface area contributed by atoms with E-state index in [9.17, 15) is 9.59 Å². The lowest BCUT2D eigenvalue weighted by atomic mass is 10.1. The van der Waals surface area contributed by atoms with Gasteiger partial charge in [0.25, 0.3) is 5.91 Å². The number of aldehydes is 1. The molecule has 0 aliphatic carbocycles. The van der Waals surface area contributed by atoms with Crippen molar-refractivity contribution >= 4 is 41.0 Å². The number of hydrogen-bond donors (Lipinski definition) is 2. The average molecular weight is 387 g/mol. The molecule has 0 spiro atoms. The molecule has 3 aromatic carbocycles. The summed E-state index contributed by atoms with van der Waals surface area (Å²) in [6.07, 6.45) is 0.663. The van der Waals surface area contributed by atoms with Gasteiger partial charge in [0.05, 0.1) is 22.6 Å². The second-order valence-corrected chi connectivity index (χ2v) is 7.36. The smallest absolute Gasteiger partial charge is 0.272 e. The van der Waals surface area contributed by atoms with E-state index in [1.807, 2.05) is 43.3 Å². The van der Waals surface area contributed by atoms with Crippen LogP contribution in [-0.2, 0) is 0 Å². The van der Waals surface area contributed by atoms with Gasteiger partial charge in [0.1, 0.15) is 0 Å². The molecule has 28 heavy (non-hydrogen) atoms. The van der Waals surface area contributed by atoms with Gasteiger partial charge in [-0.05, 0) is 42.8 Å². The van der Waals surface area contributed by atoms with Crippen LogP contribution >= 0.6 is 11.8 Å². The Hall–Kier alpha value is -3.38. The molecule has 0 saturated carbocycles. The first kappa shape index (κ1) is 18.0. The maximum absolute atomic E-state index is 12.3. The molecule has 1 amide bonds. The van der Waals surface area contributed by atoms with Crippen LogP contribution in [0.4, 0.5) is 11.4 Å². The SMILES string of the molecule is C/C(=N\NC(=O)c1ccccc1C=O)c1ccc2c(c1)Nc1ccccc1S2. The highest BCUT2D eigenvalue weighted by Crippen LogP contribution is 2.44. The zero-order valence-corrected chi connectivity index (χ0v) is 15.9. The van der Waals surface area contributed by atoms with Gasteiger partial charge in [-0.3, -0.25) is 9.59 Å². The predicted molar refractivity (Wildman–Crippen MR) is 112 cm³/mol. The number of fused-ring (bicyclic) bond motifs is 2. The van der Waals surface area contributed by atoms with E-state index in [1.165, 1.54) is 4.90 Å². The number of rotatable bonds is 4. The van der Waals surface area contributed by atoms with Crippen molar-refractivity contribution in [1.29, 1.82) is 0 Å². The number of carbonyl (C=O) groups excluding carboxylic acids is 2. The van der Waals surface area contributed by atoms with Gasteiger partial charge in [-0.15, -0.1) is 0 Å². The van der Waals surface area contributed by atoms with E-state index in [-0.39, 0.29) is 0 Å². The number of hydrogen-bond acceptors (Lipinski definition) is 5. The lowest BCUT2D eigenvalue weighted by molar-refractivity contribution is 0.0949. The Morgan fingerprint density at radius 3 is 2.61 bits per heavy atom. The Balaban J connectivity index is 1.53. The van der Waals surface area contributed by atoms with Gasteiger partial charge in [0, 0.05) is 15.4 Å². The number of amides is 1. The van der Waals surface area contributed by atoms with Gasteiger partial charge in [-0.1, -0.05) is 48.2 Å². The van der Waals surface area contributed by atoms with E-state index >= 15 is 0 Å². The molecule has 6 heteroatoms. The van der Waals surface area contributed by atoms with Crippen LogP contribution in [-0.4, -0.2) is 17.9 Å². The molecule has 0 saturated heterocycles. The Morgan fingerprint density at radius 1 is 1.00 bits per heavy atom. The number of hydrazone groups is 1. The fourth-order valence-electron chi connectivity index (χ4n) is 2.93. The lowest BCUT2D eigenvalue weighted by Gasteiger charge is -2.21. The van der Waals surface area contributed by atoms with Gasteiger partial charge in [0.2, 0.25) is 0 Å². The van der Waals surface area contributed by atoms with E-state index in [4.69, 9.17) is 0 Å². The summed E-state index contributed by atoms with van der Waals surface area (Å²) in [5.74, 6) is -0.414. The van der Waals surface area contributed by atoms with Crippen molar-refractivity contribution in [2.24, 2.45) is 5.10 Å². The van der Waals surface area contributed by atoms with Crippen LogP contribution in [0.5, 0.6) is 0 Å². The van der Waals surface area contributed by atoms with E-state index in [1.54, 1.807) is 36.0 Å². The van der Waals surface area contributed by atoms with E-state index in [0.29, 0.717) is 23.1 Å². The summed E-state index contributed by atoms with van der Waals surface area (Å²) < 4.78 is 0. The summed E-state index contributed by atoms with van der Waals surface area (Å²) in [5.41, 5.74) is 6.82. The van der Waals surface area contributed by atoms with Crippen LogP contribution in [0.3, 0.4) is 0 Å². The second-order valence-electron chi connectivity index (χ2n) is 6.28. The van der Waals surface area contributed by atoms with Crippen molar-refractivity contribution in [3.05, 3.63) is 83.4 Å². The Labute approximate surface area is 166 Å². The molecule has 0 bridgehead atoms. The molecule has 1 aliphatic heterocycles. The first-order valence-electron chi connectivity index (χ1n) is 8.73. The molecule has 5 nitrogen and oxygen atoms in total. The minimum atomic E-state index is -0.414. The van der Waals surface area contributed by atoms with Gasteiger partial charge in [-0.25, -0.2) is 5.43 Å². The topological polar surface area (TPSA) is 70.6 Å². The third-order valence-electron chi connectivity index (χ3n) is 4.43. The third kappa shape index (κ3) is 3.54. The van der Waals surface area contributed by atoms with E-state index in [2.05, 4.69) is 21.9 Å². The Kier molecular flexibility index (Phi) is 4.95. The summed E-state index contributed by atoms with van der Waals surface area (Å²) in [5, 5.41) is 7.65. The summed E-state index contributed by atoms with van der Waals surface area (Å²) in [7, 11) is 0. The van der Waals surface area contributed by atoms with Crippen LogP contribution in [0.2, 0.25) is 0 Å². The van der Waals surface area contributed by atoms with Crippen molar-refractivity contribution in [1.82, 2.24) is 5.43 Å². The quantitative estimate of drug-likeness (QED) is 0.298. The highest BCUT2D eigenvalue weighted by atomic mass is 32.2. The lowest BCUT2D eigenvalue weighted by Crippen LogP contribution is -2.20. The summed E-state index contributed by atoms with van der Waals surface area (Å²) in [6.45, 7) is 1.83. The number of nitrogens with zero attached hydrogens (tertiary/aromatic N) is 1. The van der Waals surface area contributed by atoms with Crippen LogP contribution < -0.4 is 10.7 Å². The molecule has 0 unspecified atom stereocenters. The van der Waals surface area contributed by atoms with E-state index in [0.717, 1.165) is 21.8 Å². The molecule has 0 atom stereocenters. The fraction of sp³-hybridized carbons (Fsp3) is 0.0455. The van der Waals surface area contributed by atoms with Crippen molar-refractivity contribution in [3.63, 3.8) is 0 Å². The normalized spacial score (nSPS) is 12.4. The summed E-state index contributed by atoms with van der Waals surface area (Å²) in [4.78, 5) is 25.8. The van der Waals surface area contributed by atoms with Crippen LogP contribution in [0.25, 0.3) is 0 Å². The molecule has 1 heterocycles. The monoisotopic (exact) mass is 387 g/mol. The van der Waals surface area contributed by atoms with Crippen molar-refractivity contribution in [2.45, 2.75) is 16.7 Å². The summed E-state index contributed by atoms with van der Waals surface area (Å²) >= 11 is 1.72. The van der Waals surface area contributed by atoms with Gasteiger partial charge in [0.15, 0.2) is 6.29 Å². The fourth-order valence-corrected chi connectivity index (χ4v) is 3.90. The van der Waals surface area contributed by atoms with Crippen LogP contribution in [0.1, 0.15) is 33.2 Å². The Bertz CT molecular complexity index is 1110. The maximum atomic E-state index is 12.3. The molecule has 1 aliphatic rings. The van der Waals surface area contributed by atoms with Gasteiger partial charge < -0.3 is 5.32 Å². The molecular formula is C22H17N3O2S. The zero-order chi connectivity index (χ0) is 19.5. The molecule has 138 valence electrons. The van der Waals surface area contributed by atoms with Crippen molar-refractivity contribution < 1.29 is 9.59 Å². The standard InChI is InChI=1S/C22H17N3O2S/c1-14(24-25-22(27)17-7-3-2-6-16(17)13-26)15-10-11-21-19(12-15)23-18-8-4-5-9-20(18)28-21/h2-13,23H,1H3,(H,25,27)/b24-14+. The van der Waals surface area contributed by atoms with Crippen molar-refractivity contribution in [2.75, 3.05) is 5.32 Å². The largest absolute Gasteiger partial charge is 0.354 e. The highest BCUT2D eigenvalue weighted by Gasteiger charge is 2.16. The van der Waals surface area contributed by atoms with Crippen LogP contribution in [0.15, 0.2) is 81.6 Å². The molecule has 0 aromatic heterocycles. The first-order chi connectivity index (χ1) is 13.7. The summed E-state index contributed by atoms with van der Waals surface area (Å²) in [6, 6.07) is 20.8. The zero-order valence-electron chi connectivity index (χ0n) is 15.1. The molecule has 0 fully saturated rings. The van der Waals surface area contributed by atoms with Crippen molar-refractivity contribution in [3.8, 4) is 0 Å². The Morgan fingerprint density at radius 2 is 1.75 bits per heavy atom. The van der Waals surface area contributed by atoms with E-state index < -0.39 is 5.91 Å². The molecule has 2 N–H and O–H groups in total. The van der Waals surface area contributed by atoms with Gasteiger partial charge >= 0.3 is 0 Å². The second kappa shape index (κ2) is 7.70. The first-order valence-corrected chi connectivity index (χ1v) is 9.54. The number of benzene rings is 3. The molecule has 3 aromatic rings. The molecule has 4 rings (SSSR count). The minimum absolute atomic E-state index is 0.300. The van der Waals surface area contributed by atoms with Crippen LogP contribution in [0, 0.1) is 0 Å². The number of carbonyl (C=O) groups is 2. The number of para-hydroxylation sites is 1. The number of nitrogens with one attached hydrogen (secondary N) is 2. The van der Waals surface area contributed by atoms with Gasteiger partial charge in [-0.2, -0.15) is 5.10 Å². The predicted octanol–water partition coefficient (Wildman–Crippen LogP) is 4.86. The minimum Gasteiger partial charge on any atom is -0.354 e. The molecular weight excluding hydrogens is 370 g/mol. The highest BCUT2D eigenvalue weighted by molar-refractivity contribution is 7.99. The number of anilines is 2. The molecule has 0 radical (unpaired) electrons. The maximum Gasteiger partial charge on any atom is 0.272 e.